The van der Waals surface area contributed by atoms with Gasteiger partial charge in [-0.05, 0) is 32.8 Å². The first-order chi connectivity index (χ1) is 14.6. The third-order valence-electron chi connectivity index (χ3n) is 5.87. The second-order valence-corrected chi connectivity index (χ2v) is 8.80. The molecule has 1 N–H and O–H groups in total. The van der Waals surface area contributed by atoms with Gasteiger partial charge in [-0.3, -0.25) is 4.90 Å². The first kappa shape index (κ1) is 21.4. The number of rotatable bonds is 7. The van der Waals surface area contributed by atoms with Gasteiger partial charge in [-0.15, -0.1) is 11.3 Å². The zero-order valence-corrected chi connectivity index (χ0v) is 18.7. The molecular formula is C21H30N4O4S. The molecule has 2 atom stereocenters. The van der Waals surface area contributed by atoms with Crippen LogP contribution in [0.25, 0.3) is 10.2 Å². The summed E-state index contributed by atoms with van der Waals surface area (Å²) >= 11 is 1.38. The van der Waals surface area contributed by atoms with Crippen LogP contribution in [-0.2, 0) is 14.2 Å². The molecule has 164 valence electrons. The lowest BCUT2D eigenvalue weighted by Gasteiger charge is -2.37. The Kier molecular flexibility index (Phi) is 6.82. The highest BCUT2D eigenvalue weighted by atomic mass is 32.1. The number of ether oxygens (including phenoxy) is 3. The molecule has 0 saturated carbocycles. The summed E-state index contributed by atoms with van der Waals surface area (Å²) in [4.78, 5) is 25.5. The number of aromatic nitrogens is 2. The number of nitrogens with zero attached hydrogens (tertiary/aromatic N) is 3. The average molecular weight is 435 g/mol. The second-order valence-electron chi connectivity index (χ2n) is 7.80. The molecule has 2 saturated heterocycles. The molecule has 30 heavy (non-hydrogen) atoms. The number of fused-ring (bicyclic) bond motifs is 1. The van der Waals surface area contributed by atoms with Crippen molar-refractivity contribution >= 4 is 33.3 Å². The molecule has 9 heteroatoms. The van der Waals surface area contributed by atoms with Crippen molar-refractivity contribution in [3.05, 3.63) is 16.3 Å². The number of aryl methyl sites for hydroxylation is 2. The standard InChI is InChI=1S/C21H30N4O4S/c1-4-29-21(26)18-13(2)17-19(23-14(3)24-20(17)30-18)22-11-16(15-5-8-28-12-15)25-6-9-27-10-7-25/h15-16H,4-12H2,1-3H3,(H,22,23,24). The maximum atomic E-state index is 12.4. The van der Waals surface area contributed by atoms with Crippen LogP contribution in [0.1, 0.15) is 34.4 Å². The maximum Gasteiger partial charge on any atom is 0.348 e. The van der Waals surface area contributed by atoms with E-state index in [0.717, 1.165) is 74.1 Å². The Balaban J connectivity index is 1.60. The van der Waals surface area contributed by atoms with E-state index in [1.165, 1.54) is 11.3 Å². The lowest BCUT2D eigenvalue weighted by Crippen LogP contribution is -2.50. The van der Waals surface area contributed by atoms with Crippen LogP contribution >= 0.6 is 11.3 Å². The first-order valence-corrected chi connectivity index (χ1v) is 11.5. The fourth-order valence-electron chi connectivity index (χ4n) is 4.33. The molecule has 0 aliphatic carbocycles. The molecule has 0 bridgehead atoms. The molecule has 4 rings (SSSR count). The van der Waals surface area contributed by atoms with Crippen LogP contribution < -0.4 is 5.32 Å². The van der Waals surface area contributed by atoms with Gasteiger partial charge in [0.2, 0.25) is 0 Å². The summed E-state index contributed by atoms with van der Waals surface area (Å²) in [6.07, 6.45) is 1.08. The Bertz CT molecular complexity index is 891. The SMILES string of the molecule is CCOC(=O)c1sc2nc(C)nc(NCC(C3CCOC3)N3CCOCC3)c2c1C. The number of morpholine rings is 1. The lowest BCUT2D eigenvalue weighted by molar-refractivity contribution is 0.00460. The quantitative estimate of drug-likeness (QED) is 0.666. The van der Waals surface area contributed by atoms with E-state index >= 15 is 0 Å². The summed E-state index contributed by atoms with van der Waals surface area (Å²) < 4.78 is 16.5. The van der Waals surface area contributed by atoms with Gasteiger partial charge in [0.05, 0.1) is 31.8 Å². The van der Waals surface area contributed by atoms with Crippen LogP contribution in [0.4, 0.5) is 5.82 Å². The third-order valence-corrected chi connectivity index (χ3v) is 7.03. The van der Waals surface area contributed by atoms with E-state index in [4.69, 9.17) is 14.2 Å². The molecule has 8 nitrogen and oxygen atoms in total. The van der Waals surface area contributed by atoms with Crippen molar-refractivity contribution in [3.8, 4) is 0 Å². The van der Waals surface area contributed by atoms with Crippen LogP contribution in [0, 0.1) is 19.8 Å². The van der Waals surface area contributed by atoms with E-state index < -0.39 is 0 Å². The van der Waals surface area contributed by atoms with E-state index in [0.29, 0.717) is 29.3 Å². The van der Waals surface area contributed by atoms with Crippen molar-refractivity contribution in [3.63, 3.8) is 0 Å². The van der Waals surface area contributed by atoms with Crippen molar-refractivity contribution in [1.82, 2.24) is 14.9 Å². The number of carbonyl (C=O) groups excluding carboxylic acids is 1. The van der Waals surface area contributed by atoms with Crippen molar-refractivity contribution in [2.24, 2.45) is 5.92 Å². The number of anilines is 1. The van der Waals surface area contributed by atoms with E-state index in [1.54, 1.807) is 0 Å². The number of esters is 1. The minimum absolute atomic E-state index is 0.295. The van der Waals surface area contributed by atoms with Gasteiger partial charge in [-0.25, -0.2) is 14.8 Å². The maximum absolute atomic E-state index is 12.4. The summed E-state index contributed by atoms with van der Waals surface area (Å²) in [6.45, 7) is 11.8. The molecule has 2 aromatic rings. The first-order valence-electron chi connectivity index (χ1n) is 10.7. The molecule has 2 aliphatic rings. The van der Waals surface area contributed by atoms with Crippen LogP contribution in [-0.4, -0.2) is 79.5 Å². The van der Waals surface area contributed by atoms with E-state index in [-0.39, 0.29) is 5.97 Å². The molecule has 0 amide bonds. The second kappa shape index (κ2) is 9.55. The van der Waals surface area contributed by atoms with Crippen molar-refractivity contribution < 1.29 is 19.0 Å². The number of hydrogen-bond acceptors (Lipinski definition) is 9. The van der Waals surface area contributed by atoms with Crippen LogP contribution in [0.5, 0.6) is 0 Å². The Morgan fingerprint density at radius 1 is 1.27 bits per heavy atom. The molecule has 2 aromatic heterocycles. The highest BCUT2D eigenvalue weighted by Crippen LogP contribution is 2.34. The number of nitrogens with one attached hydrogen (secondary N) is 1. The van der Waals surface area contributed by atoms with Crippen molar-refractivity contribution in [1.29, 1.82) is 0 Å². The Hall–Kier alpha value is -1.81. The fraction of sp³-hybridized carbons (Fsp3) is 0.667. The van der Waals surface area contributed by atoms with Crippen LogP contribution in [0.3, 0.4) is 0 Å². The third kappa shape index (κ3) is 4.44. The van der Waals surface area contributed by atoms with Gasteiger partial charge in [-0.1, -0.05) is 0 Å². The molecule has 2 fully saturated rings. The summed E-state index contributed by atoms with van der Waals surface area (Å²) in [6, 6.07) is 0.352. The predicted octanol–water partition coefficient (Wildman–Crippen LogP) is 2.63. The Morgan fingerprint density at radius 3 is 2.77 bits per heavy atom. The molecule has 2 unspecified atom stereocenters. The summed E-state index contributed by atoms with van der Waals surface area (Å²) in [5.41, 5.74) is 0.878. The molecule has 0 radical (unpaired) electrons. The van der Waals surface area contributed by atoms with Gasteiger partial charge >= 0.3 is 5.97 Å². The van der Waals surface area contributed by atoms with E-state index in [9.17, 15) is 4.79 Å². The molecule has 0 aromatic carbocycles. The molecular weight excluding hydrogens is 404 g/mol. The summed E-state index contributed by atoms with van der Waals surface area (Å²) in [5, 5.41) is 4.51. The lowest BCUT2D eigenvalue weighted by atomic mass is 9.97. The van der Waals surface area contributed by atoms with Gasteiger partial charge in [0, 0.05) is 38.2 Å². The highest BCUT2D eigenvalue weighted by molar-refractivity contribution is 7.20. The van der Waals surface area contributed by atoms with Gasteiger partial charge in [0.25, 0.3) is 0 Å². The normalized spacial score (nSPS) is 21.1. The number of carbonyl (C=O) groups is 1. The molecule has 0 spiro atoms. The van der Waals surface area contributed by atoms with E-state index in [2.05, 4.69) is 20.2 Å². The van der Waals surface area contributed by atoms with Crippen molar-refractivity contribution in [2.75, 3.05) is 58.0 Å². The van der Waals surface area contributed by atoms with E-state index in [1.807, 2.05) is 20.8 Å². The smallest absolute Gasteiger partial charge is 0.348 e. The Morgan fingerprint density at radius 2 is 2.07 bits per heavy atom. The zero-order valence-electron chi connectivity index (χ0n) is 17.9. The molecule has 4 heterocycles. The van der Waals surface area contributed by atoms with Crippen LogP contribution in [0.15, 0.2) is 0 Å². The minimum Gasteiger partial charge on any atom is -0.462 e. The monoisotopic (exact) mass is 434 g/mol. The summed E-state index contributed by atoms with van der Waals surface area (Å²) in [7, 11) is 0. The molecule has 2 aliphatic heterocycles. The fourth-order valence-corrected chi connectivity index (χ4v) is 5.45. The van der Waals surface area contributed by atoms with Gasteiger partial charge in [0.1, 0.15) is 21.3 Å². The van der Waals surface area contributed by atoms with Crippen molar-refractivity contribution in [2.45, 2.75) is 33.2 Å². The van der Waals surface area contributed by atoms with Gasteiger partial charge in [0.15, 0.2) is 0 Å². The van der Waals surface area contributed by atoms with Gasteiger partial charge in [-0.2, -0.15) is 0 Å². The van der Waals surface area contributed by atoms with Gasteiger partial charge < -0.3 is 19.5 Å². The highest BCUT2D eigenvalue weighted by Gasteiger charge is 2.32. The van der Waals surface area contributed by atoms with Crippen LogP contribution in [0.2, 0.25) is 0 Å². The topological polar surface area (TPSA) is 85.8 Å². The zero-order chi connectivity index (χ0) is 21.1. The largest absolute Gasteiger partial charge is 0.462 e. The Labute approximate surface area is 180 Å². The predicted molar refractivity (Wildman–Crippen MR) is 116 cm³/mol. The summed E-state index contributed by atoms with van der Waals surface area (Å²) in [5.74, 6) is 1.68. The number of thiophene rings is 1. The average Bonchev–Trinajstić information content (AvgIpc) is 3.37. The minimum atomic E-state index is -0.295. The number of hydrogen-bond donors (Lipinski definition) is 1.